The van der Waals surface area contributed by atoms with Crippen LogP contribution >= 0.6 is 0 Å². The van der Waals surface area contributed by atoms with Crippen LogP contribution in [0.3, 0.4) is 0 Å². The van der Waals surface area contributed by atoms with Gasteiger partial charge in [-0.15, -0.1) is 0 Å². The van der Waals surface area contributed by atoms with Crippen LogP contribution in [0.1, 0.15) is 59.3 Å². The molecule has 0 saturated carbocycles. The van der Waals surface area contributed by atoms with Gasteiger partial charge >= 0.3 is 0 Å². The SMILES string of the molecule is CCCCCC(OCC1(CC)COC1)OCC1(CC)COC1. The van der Waals surface area contributed by atoms with Crippen LogP contribution in [0.25, 0.3) is 0 Å². The molecule has 0 radical (unpaired) electrons. The molecule has 130 valence electrons. The van der Waals surface area contributed by atoms with E-state index in [9.17, 15) is 0 Å². The average molecular weight is 314 g/mol. The minimum absolute atomic E-state index is 0.0698. The van der Waals surface area contributed by atoms with Gasteiger partial charge in [0.1, 0.15) is 0 Å². The highest BCUT2D eigenvalue weighted by molar-refractivity contribution is 4.85. The Morgan fingerprint density at radius 2 is 1.32 bits per heavy atom. The Balaban J connectivity index is 1.76. The van der Waals surface area contributed by atoms with E-state index in [0.29, 0.717) is 0 Å². The molecule has 0 aliphatic carbocycles. The Bertz CT molecular complexity index is 273. The number of ether oxygens (including phenoxy) is 4. The summed E-state index contributed by atoms with van der Waals surface area (Å²) >= 11 is 0. The van der Waals surface area contributed by atoms with Gasteiger partial charge in [0, 0.05) is 10.8 Å². The van der Waals surface area contributed by atoms with E-state index in [4.69, 9.17) is 18.9 Å². The number of unbranched alkanes of at least 4 members (excludes halogenated alkanes) is 2. The van der Waals surface area contributed by atoms with Crippen LogP contribution in [0.4, 0.5) is 0 Å². The van der Waals surface area contributed by atoms with E-state index in [1.807, 2.05) is 0 Å². The molecule has 2 heterocycles. The quantitative estimate of drug-likeness (QED) is 0.406. The third-order valence-electron chi connectivity index (χ3n) is 5.33. The van der Waals surface area contributed by atoms with Gasteiger partial charge in [0.05, 0.1) is 39.6 Å². The van der Waals surface area contributed by atoms with Gasteiger partial charge in [0.25, 0.3) is 0 Å². The molecule has 2 aliphatic heterocycles. The summed E-state index contributed by atoms with van der Waals surface area (Å²) in [6.07, 6.45) is 6.80. The second-order valence-corrected chi connectivity index (χ2v) is 7.24. The lowest BCUT2D eigenvalue weighted by atomic mass is 9.84. The summed E-state index contributed by atoms with van der Waals surface area (Å²) in [5.41, 5.74) is 0.461. The zero-order valence-corrected chi connectivity index (χ0v) is 14.7. The third kappa shape index (κ3) is 4.67. The van der Waals surface area contributed by atoms with Crippen molar-refractivity contribution in [2.45, 2.75) is 65.6 Å². The van der Waals surface area contributed by atoms with Crippen LogP contribution in [-0.2, 0) is 18.9 Å². The van der Waals surface area contributed by atoms with Crippen molar-refractivity contribution >= 4 is 0 Å². The lowest BCUT2D eigenvalue weighted by molar-refractivity contribution is -0.236. The van der Waals surface area contributed by atoms with E-state index < -0.39 is 0 Å². The van der Waals surface area contributed by atoms with Crippen LogP contribution in [0.5, 0.6) is 0 Å². The first-order chi connectivity index (χ1) is 10.7. The lowest BCUT2D eigenvalue weighted by Crippen LogP contribution is -2.48. The zero-order valence-electron chi connectivity index (χ0n) is 14.7. The van der Waals surface area contributed by atoms with Crippen molar-refractivity contribution in [2.75, 3.05) is 39.6 Å². The van der Waals surface area contributed by atoms with Gasteiger partial charge in [-0.3, -0.25) is 0 Å². The monoisotopic (exact) mass is 314 g/mol. The van der Waals surface area contributed by atoms with E-state index in [-0.39, 0.29) is 17.1 Å². The van der Waals surface area contributed by atoms with Crippen molar-refractivity contribution in [1.82, 2.24) is 0 Å². The van der Waals surface area contributed by atoms with Crippen molar-refractivity contribution in [3.05, 3.63) is 0 Å². The van der Waals surface area contributed by atoms with E-state index in [0.717, 1.165) is 58.9 Å². The molecule has 2 rings (SSSR count). The summed E-state index contributed by atoms with van der Waals surface area (Å²) in [5.74, 6) is 0. The van der Waals surface area contributed by atoms with Gasteiger partial charge in [0.2, 0.25) is 0 Å². The van der Waals surface area contributed by atoms with Crippen LogP contribution < -0.4 is 0 Å². The molecule has 0 N–H and O–H groups in total. The molecule has 2 saturated heterocycles. The van der Waals surface area contributed by atoms with Crippen molar-refractivity contribution in [3.8, 4) is 0 Å². The molecule has 4 nitrogen and oxygen atoms in total. The summed E-state index contributed by atoms with van der Waals surface area (Å²) in [4.78, 5) is 0. The molecule has 0 unspecified atom stereocenters. The van der Waals surface area contributed by atoms with Crippen molar-refractivity contribution in [2.24, 2.45) is 10.8 Å². The summed E-state index contributed by atoms with van der Waals surface area (Å²) in [6, 6.07) is 0. The fourth-order valence-electron chi connectivity index (χ4n) is 2.88. The predicted octanol–water partition coefficient (Wildman–Crippen LogP) is 3.78. The maximum atomic E-state index is 6.15. The molecule has 0 bridgehead atoms. The first kappa shape index (κ1) is 18.2. The Morgan fingerprint density at radius 3 is 1.64 bits per heavy atom. The van der Waals surface area contributed by atoms with E-state index in [1.165, 1.54) is 19.3 Å². The Morgan fingerprint density at radius 1 is 0.818 bits per heavy atom. The first-order valence-corrected chi connectivity index (χ1v) is 9.06. The fourth-order valence-corrected chi connectivity index (χ4v) is 2.88. The second-order valence-electron chi connectivity index (χ2n) is 7.24. The minimum atomic E-state index is -0.0698. The summed E-state index contributed by atoms with van der Waals surface area (Å²) in [6.45, 7) is 11.5. The van der Waals surface area contributed by atoms with Crippen LogP contribution in [0.2, 0.25) is 0 Å². The molecule has 2 aliphatic rings. The van der Waals surface area contributed by atoms with E-state index >= 15 is 0 Å². The lowest BCUT2D eigenvalue weighted by Gasteiger charge is -2.43. The number of hydrogen-bond acceptors (Lipinski definition) is 4. The van der Waals surface area contributed by atoms with Crippen molar-refractivity contribution in [3.63, 3.8) is 0 Å². The van der Waals surface area contributed by atoms with Crippen molar-refractivity contribution < 1.29 is 18.9 Å². The highest BCUT2D eigenvalue weighted by Gasteiger charge is 2.39. The highest BCUT2D eigenvalue weighted by atomic mass is 16.7. The van der Waals surface area contributed by atoms with E-state index in [2.05, 4.69) is 20.8 Å². The highest BCUT2D eigenvalue weighted by Crippen LogP contribution is 2.34. The van der Waals surface area contributed by atoms with Gasteiger partial charge in [-0.05, 0) is 25.7 Å². The Kier molecular flexibility index (Phi) is 7.13. The van der Waals surface area contributed by atoms with Gasteiger partial charge in [-0.25, -0.2) is 0 Å². The fraction of sp³-hybridized carbons (Fsp3) is 1.00. The zero-order chi connectivity index (χ0) is 15.9. The van der Waals surface area contributed by atoms with Crippen molar-refractivity contribution in [1.29, 1.82) is 0 Å². The summed E-state index contributed by atoms with van der Waals surface area (Å²) in [5, 5.41) is 0. The van der Waals surface area contributed by atoms with Crippen LogP contribution in [0, 0.1) is 10.8 Å². The maximum absolute atomic E-state index is 6.15. The van der Waals surface area contributed by atoms with Crippen LogP contribution in [0.15, 0.2) is 0 Å². The second kappa shape index (κ2) is 8.62. The molecule has 0 aromatic heterocycles. The number of hydrogen-bond donors (Lipinski definition) is 0. The molecule has 0 aromatic rings. The molecule has 2 fully saturated rings. The third-order valence-corrected chi connectivity index (χ3v) is 5.33. The summed E-state index contributed by atoms with van der Waals surface area (Å²) in [7, 11) is 0. The first-order valence-electron chi connectivity index (χ1n) is 9.06. The average Bonchev–Trinajstić information content (AvgIpc) is 2.45. The molecular weight excluding hydrogens is 280 g/mol. The topological polar surface area (TPSA) is 36.9 Å². The van der Waals surface area contributed by atoms with Crippen LogP contribution in [-0.4, -0.2) is 45.9 Å². The molecule has 0 amide bonds. The predicted molar refractivity (Wildman–Crippen MR) is 86.9 cm³/mol. The molecule has 4 heteroatoms. The van der Waals surface area contributed by atoms with E-state index in [1.54, 1.807) is 0 Å². The summed E-state index contributed by atoms with van der Waals surface area (Å²) < 4.78 is 23.1. The Hall–Kier alpha value is -0.160. The molecule has 0 aromatic carbocycles. The standard InChI is InChI=1S/C18H34O4/c1-4-7-8-9-16(21-14-17(5-2)10-19-11-17)22-15-18(6-3)12-20-13-18/h16H,4-15H2,1-3H3. The minimum Gasteiger partial charge on any atom is -0.380 e. The number of rotatable bonds is 12. The van der Waals surface area contributed by atoms with Gasteiger partial charge in [-0.2, -0.15) is 0 Å². The van der Waals surface area contributed by atoms with Gasteiger partial charge < -0.3 is 18.9 Å². The molecule has 22 heavy (non-hydrogen) atoms. The molecular formula is C18H34O4. The Labute approximate surface area is 135 Å². The normalized spacial score (nSPS) is 22.4. The molecule has 0 atom stereocenters. The largest absolute Gasteiger partial charge is 0.380 e. The molecule has 0 spiro atoms. The maximum Gasteiger partial charge on any atom is 0.157 e. The van der Waals surface area contributed by atoms with Gasteiger partial charge in [-0.1, -0.05) is 33.6 Å². The van der Waals surface area contributed by atoms with Gasteiger partial charge in [0.15, 0.2) is 6.29 Å². The smallest absolute Gasteiger partial charge is 0.157 e.